The van der Waals surface area contributed by atoms with Gasteiger partial charge in [0, 0.05) is 26.8 Å². The Morgan fingerprint density at radius 1 is 1.50 bits per heavy atom. The zero-order valence-electron chi connectivity index (χ0n) is 11.9. The number of alkyl halides is 1. The lowest BCUT2D eigenvalue weighted by Gasteiger charge is -2.26. The fourth-order valence-corrected chi connectivity index (χ4v) is 1.83. The van der Waals surface area contributed by atoms with Gasteiger partial charge in [-0.05, 0) is 11.6 Å². The zero-order valence-corrected chi connectivity index (χ0v) is 13.4. The highest BCUT2D eigenvalue weighted by Gasteiger charge is 2.21. The van der Waals surface area contributed by atoms with Crippen molar-refractivity contribution in [1.82, 2.24) is 14.8 Å². The molecule has 1 aromatic rings. The fraction of sp³-hybridized carbons (Fsp3) is 0.333. The summed E-state index contributed by atoms with van der Waals surface area (Å²) >= 11 is 11.0. The fourth-order valence-electron chi connectivity index (χ4n) is 1.63. The third-order valence-electron chi connectivity index (χ3n) is 2.62. The van der Waals surface area contributed by atoms with Gasteiger partial charge in [0.2, 0.25) is 0 Å². The van der Waals surface area contributed by atoms with Crippen molar-refractivity contribution in [2.75, 3.05) is 20.2 Å². The first-order chi connectivity index (χ1) is 10.3. The van der Waals surface area contributed by atoms with E-state index in [1.165, 1.54) is 11.9 Å². The number of nitrogens with zero attached hydrogens (tertiary/aromatic N) is 4. The van der Waals surface area contributed by atoms with Crippen molar-refractivity contribution in [2.45, 2.75) is 6.54 Å². The SMILES string of the molecule is CN(Cc1ccc(Cl)nc1)/C(=C\[N+](=O)[O-])N(C)C(=O)OCCl. The van der Waals surface area contributed by atoms with Gasteiger partial charge in [-0.3, -0.25) is 15.0 Å². The van der Waals surface area contributed by atoms with E-state index in [9.17, 15) is 14.9 Å². The highest BCUT2D eigenvalue weighted by atomic mass is 35.5. The van der Waals surface area contributed by atoms with Crippen LogP contribution >= 0.6 is 23.2 Å². The number of carbonyl (C=O) groups excluding carboxylic acids is 1. The van der Waals surface area contributed by atoms with Crippen LogP contribution in [0.1, 0.15) is 5.56 Å². The molecule has 22 heavy (non-hydrogen) atoms. The number of hydrogen-bond donors (Lipinski definition) is 0. The molecular formula is C12H14Cl2N4O4. The molecule has 0 unspecified atom stereocenters. The molecule has 0 fully saturated rings. The Morgan fingerprint density at radius 3 is 2.68 bits per heavy atom. The maximum absolute atomic E-state index is 11.7. The van der Waals surface area contributed by atoms with Crippen LogP contribution in [0.3, 0.4) is 0 Å². The van der Waals surface area contributed by atoms with Crippen LogP contribution in [0.2, 0.25) is 5.15 Å². The summed E-state index contributed by atoms with van der Waals surface area (Å²) in [6.45, 7) is 0.280. The quantitative estimate of drug-likeness (QED) is 0.339. The van der Waals surface area contributed by atoms with Crippen molar-refractivity contribution >= 4 is 29.3 Å². The van der Waals surface area contributed by atoms with Gasteiger partial charge in [0.15, 0.2) is 11.9 Å². The molecule has 0 aliphatic rings. The Balaban J connectivity index is 2.93. The highest BCUT2D eigenvalue weighted by molar-refractivity contribution is 6.29. The summed E-state index contributed by atoms with van der Waals surface area (Å²) in [6.07, 6.45) is 1.45. The van der Waals surface area contributed by atoms with Crippen molar-refractivity contribution in [3.63, 3.8) is 0 Å². The van der Waals surface area contributed by atoms with E-state index in [-0.39, 0.29) is 18.4 Å². The van der Waals surface area contributed by atoms with Gasteiger partial charge in [0.1, 0.15) is 5.15 Å². The molecule has 0 radical (unpaired) electrons. The van der Waals surface area contributed by atoms with Crippen molar-refractivity contribution in [3.05, 3.63) is 51.2 Å². The molecule has 0 spiro atoms. The molecule has 0 bridgehead atoms. The van der Waals surface area contributed by atoms with Crippen LogP contribution in [0.15, 0.2) is 30.4 Å². The van der Waals surface area contributed by atoms with Gasteiger partial charge in [-0.1, -0.05) is 29.3 Å². The van der Waals surface area contributed by atoms with Crippen LogP contribution in [0.5, 0.6) is 0 Å². The number of aromatic nitrogens is 1. The number of carbonyl (C=O) groups is 1. The maximum Gasteiger partial charge on any atom is 0.416 e. The number of pyridine rings is 1. The molecule has 0 aromatic carbocycles. The summed E-state index contributed by atoms with van der Waals surface area (Å²) in [6, 6.07) is 2.99. The average molecular weight is 349 g/mol. The Morgan fingerprint density at radius 2 is 2.18 bits per heavy atom. The number of nitro groups is 1. The molecule has 0 aliphatic carbocycles. The minimum absolute atomic E-state index is 0.0371. The standard InChI is InChI=1S/C12H14Cl2N4O4/c1-16(6-9-3-4-10(14)15-5-9)11(7-18(20)21)17(2)12(19)22-8-13/h3-5,7H,6,8H2,1-2H3/b11-7+. The Bertz CT molecular complexity index is 565. The topological polar surface area (TPSA) is 88.8 Å². The van der Waals surface area contributed by atoms with Gasteiger partial charge in [0.25, 0.3) is 6.20 Å². The molecule has 0 aliphatic heterocycles. The van der Waals surface area contributed by atoms with E-state index in [1.54, 1.807) is 25.4 Å². The second-order valence-corrected chi connectivity index (χ2v) is 4.80. The molecule has 8 nitrogen and oxygen atoms in total. The number of ether oxygens (including phenoxy) is 1. The summed E-state index contributed by atoms with van der Waals surface area (Å²) in [5, 5.41) is 11.1. The van der Waals surface area contributed by atoms with Crippen molar-refractivity contribution < 1.29 is 14.5 Å². The molecule has 1 amide bonds. The summed E-state index contributed by atoms with van der Waals surface area (Å²) < 4.78 is 4.61. The van der Waals surface area contributed by atoms with E-state index in [4.69, 9.17) is 23.2 Å². The van der Waals surface area contributed by atoms with Crippen LogP contribution in [0, 0.1) is 10.1 Å². The third kappa shape index (κ3) is 5.38. The van der Waals surface area contributed by atoms with Gasteiger partial charge in [-0.15, -0.1) is 0 Å². The van der Waals surface area contributed by atoms with Gasteiger partial charge in [0.05, 0.1) is 4.92 Å². The van der Waals surface area contributed by atoms with E-state index >= 15 is 0 Å². The van der Waals surface area contributed by atoms with Crippen molar-refractivity contribution in [2.24, 2.45) is 0 Å². The van der Waals surface area contributed by atoms with Crippen LogP contribution < -0.4 is 0 Å². The van der Waals surface area contributed by atoms with E-state index in [2.05, 4.69) is 9.72 Å². The van der Waals surface area contributed by atoms with Gasteiger partial charge in [-0.2, -0.15) is 0 Å². The Hall–Kier alpha value is -2.06. The predicted octanol–water partition coefficient (Wildman–Crippen LogP) is 2.51. The largest absolute Gasteiger partial charge is 0.433 e. The minimum Gasteiger partial charge on any atom is -0.433 e. The molecule has 0 atom stereocenters. The average Bonchev–Trinajstić information content (AvgIpc) is 2.46. The highest BCUT2D eigenvalue weighted by Crippen LogP contribution is 2.14. The summed E-state index contributed by atoms with van der Waals surface area (Å²) in [5.74, 6) is 0.0371. The molecule has 120 valence electrons. The third-order valence-corrected chi connectivity index (χ3v) is 2.95. The van der Waals surface area contributed by atoms with Crippen LogP contribution in [0.4, 0.5) is 4.79 Å². The molecule has 1 aromatic heterocycles. The lowest BCUT2D eigenvalue weighted by molar-refractivity contribution is -0.405. The monoisotopic (exact) mass is 348 g/mol. The van der Waals surface area contributed by atoms with E-state index in [0.29, 0.717) is 11.4 Å². The number of amides is 1. The molecule has 0 saturated carbocycles. The molecular weight excluding hydrogens is 335 g/mol. The van der Waals surface area contributed by atoms with Crippen LogP contribution in [-0.2, 0) is 11.3 Å². The normalized spacial score (nSPS) is 11.0. The molecule has 0 N–H and O–H groups in total. The Labute approximate surface area is 137 Å². The van der Waals surface area contributed by atoms with Gasteiger partial charge in [-0.25, -0.2) is 9.78 Å². The summed E-state index contributed by atoms with van der Waals surface area (Å²) in [7, 11) is 2.94. The summed E-state index contributed by atoms with van der Waals surface area (Å²) in [4.78, 5) is 28.2. The Kier molecular flexibility index (Phi) is 6.87. The molecule has 1 heterocycles. The predicted molar refractivity (Wildman–Crippen MR) is 80.8 cm³/mol. The smallest absolute Gasteiger partial charge is 0.416 e. The maximum atomic E-state index is 11.7. The number of hydrogen-bond acceptors (Lipinski definition) is 6. The second kappa shape index (κ2) is 8.40. The number of rotatable bonds is 6. The van der Waals surface area contributed by atoms with E-state index < -0.39 is 11.0 Å². The van der Waals surface area contributed by atoms with Crippen molar-refractivity contribution in [1.29, 1.82) is 0 Å². The molecule has 10 heteroatoms. The molecule has 1 rings (SSSR count). The van der Waals surface area contributed by atoms with Crippen molar-refractivity contribution in [3.8, 4) is 0 Å². The summed E-state index contributed by atoms with van der Waals surface area (Å²) in [5.41, 5.74) is 0.764. The van der Waals surface area contributed by atoms with Crippen LogP contribution in [-0.4, -0.2) is 46.0 Å². The first-order valence-corrected chi connectivity index (χ1v) is 6.89. The molecule has 0 saturated heterocycles. The van der Waals surface area contributed by atoms with E-state index in [0.717, 1.165) is 10.5 Å². The van der Waals surface area contributed by atoms with Crippen LogP contribution in [0.25, 0.3) is 0 Å². The lowest BCUT2D eigenvalue weighted by Crippen LogP contribution is -2.35. The van der Waals surface area contributed by atoms with Gasteiger partial charge >= 0.3 is 6.09 Å². The minimum atomic E-state index is -0.802. The first-order valence-electron chi connectivity index (χ1n) is 5.98. The lowest BCUT2D eigenvalue weighted by atomic mass is 10.3. The first kappa shape index (κ1) is 18.0. The van der Waals surface area contributed by atoms with Gasteiger partial charge < -0.3 is 9.64 Å². The van der Waals surface area contributed by atoms with E-state index in [1.807, 2.05) is 0 Å². The number of halogens is 2. The second-order valence-electron chi connectivity index (χ2n) is 4.20. The zero-order chi connectivity index (χ0) is 16.7.